The monoisotopic (exact) mass is 349 g/mol. The fraction of sp³-hybridized carbons (Fsp3) is 0.353. The zero-order chi connectivity index (χ0) is 17.2. The lowest BCUT2D eigenvalue weighted by Gasteiger charge is -2.32. The summed E-state index contributed by atoms with van der Waals surface area (Å²) in [6, 6.07) is 11.2. The minimum atomic E-state index is -3.50. The largest absolute Gasteiger partial charge is 0.455 e. The molecule has 1 aliphatic heterocycles. The van der Waals surface area contributed by atoms with E-state index in [0.29, 0.717) is 19.8 Å². The second kappa shape index (κ2) is 6.78. The van der Waals surface area contributed by atoms with Gasteiger partial charge in [0.25, 0.3) is 5.91 Å². The number of benzene rings is 1. The van der Waals surface area contributed by atoms with Crippen molar-refractivity contribution in [3.8, 4) is 0 Å². The summed E-state index contributed by atoms with van der Waals surface area (Å²) in [7, 11) is -3.50. The Morgan fingerprint density at radius 3 is 2.67 bits per heavy atom. The average Bonchev–Trinajstić information content (AvgIpc) is 3.03. The van der Waals surface area contributed by atoms with Gasteiger partial charge in [0.2, 0.25) is 0 Å². The lowest BCUT2D eigenvalue weighted by molar-refractivity contribution is 0.00190. The maximum Gasteiger partial charge on any atom is 0.289 e. The number of carbonyl (C=O) groups is 1. The lowest BCUT2D eigenvalue weighted by Crippen LogP contribution is -2.47. The van der Waals surface area contributed by atoms with E-state index >= 15 is 0 Å². The number of hydrogen-bond donors (Lipinski definition) is 0. The Hall–Kier alpha value is -2.12. The van der Waals surface area contributed by atoms with E-state index < -0.39 is 9.84 Å². The first kappa shape index (κ1) is 16.7. The minimum Gasteiger partial charge on any atom is -0.455 e. The summed E-state index contributed by atoms with van der Waals surface area (Å²) >= 11 is 0. The van der Waals surface area contributed by atoms with Crippen LogP contribution in [-0.4, -0.2) is 45.0 Å². The molecular formula is C17H19NO5S. The van der Waals surface area contributed by atoms with E-state index in [9.17, 15) is 13.2 Å². The highest BCUT2D eigenvalue weighted by molar-refractivity contribution is 7.90. The van der Waals surface area contributed by atoms with Crippen molar-refractivity contribution in [2.24, 2.45) is 0 Å². The highest BCUT2D eigenvalue weighted by atomic mass is 32.2. The molecule has 1 aromatic carbocycles. The van der Waals surface area contributed by atoms with Crippen LogP contribution in [0.4, 0.5) is 0 Å². The summed E-state index contributed by atoms with van der Waals surface area (Å²) in [5.41, 5.74) is 0. The van der Waals surface area contributed by atoms with Crippen LogP contribution in [0.2, 0.25) is 0 Å². The van der Waals surface area contributed by atoms with Gasteiger partial charge < -0.3 is 14.1 Å². The number of furan rings is 1. The van der Waals surface area contributed by atoms with E-state index in [0.717, 1.165) is 0 Å². The summed E-state index contributed by atoms with van der Waals surface area (Å²) in [5, 5.41) is 0. The van der Waals surface area contributed by atoms with Crippen LogP contribution in [0.1, 0.15) is 23.2 Å². The molecule has 3 rings (SSSR count). The predicted molar refractivity (Wildman–Crippen MR) is 87.4 cm³/mol. The fourth-order valence-electron chi connectivity index (χ4n) is 2.64. The topological polar surface area (TPSA) is 76.8 Å². The third kappa shape index (κ3) is 3.52. The number of ether oxygens (including phenoxy) is 1. The highest BCUT2D eigenvalue weighted by Crippen LogP contribution is 2.20. The molecule has 6 nitrogen and oxygen atoms in total. The van der Waals surface area contributed by atoms with Gasteiger partial charge in [-0.25, -0.2) is 8.42 Å². The summed E-state index contributed by atoms with van der Waals surface area (Å²) in [5.74, 6) is -0.109. The molecular weight excluding hydrogens is 330 g/mol. The van der Waals surface area contributed by atoms with Crippen molar-refractivity contribution in [1.29, 1.82) is 0 Å². The lowest BCUT2D eigenvalue weighted by atomic mass is 10.2. The van der Waals surface area contributed by atoms with Crippen LogP contribution in [-0.2, 0) is 20.3 Å². The van der Waals surface area contributed by atoms with Crippen molar-refractivity contribution in [2.45, 2.75) is 23.6 Å². The van der Waals surface area contributed by atoms with Gasteiger partial charge in [-0.15, -0.1) is 0 Å². The molecule has 2 heterocycles. The van der Waals surface area contributed by atoms with Gasteiger partial charge in [0.1, 0.15) is 11.5 Å². The predicted octanol–water partition coefficient (Wildman–Crippen LogP) is 2.11. The Labute approximate surface area is 140 Å². The number of rotatable bonds is 4. The zero-order valence-electron chi connectivity index (χ0n) is 13.3. The third-order valence-corrected chi connectivity index (χ3v) is 5.59. The minimum absolute atomic E-state index is 0.0344. The molecule has 7 heteroatoms. The molecule has 0 unspecified atom stereocenters. The molecule has 0 saturated carbocycles. The molecule has 0 spiro atoms. The molecule has 0 aliphatic carbocycles. The van der Waals surface area contributed by atoms with Crippen molar-refractivity contribution >= 4 is 15.7 Å². The molecule has 1 aliphatic rings. The van der Waals surface area contributed by atoms with Crippen LogP contribution < -0.4 is 0 Å². The number of carbonyl (C=O) groups excluding carboxylic acids is 1. The van der Waals surface area contributed by atoms with Crippen molar-refractivity contribution in [2.75, 3.05) is 19.8 Å². The molecule has 0 bridgehead atoms. The van der Waals surface area contributed by atoms with Gasteiger partial charge in [-0.1, -0.05) is 18.2 Å². The molecule has 1 aromatic heterocycles. The smallest absolute Gasteiger partial charge is 0.289 e. The first-order valence-corrected chi connectivity index (χ1v) is 9.38. The van der Waals surface area contributed by atoms with Gasteiger partial charge in [-0.05, 0) is 31.2 Å². The molecule has 24 heavy (non-hydrogen) atoms. The van der Waals surface area contributed by atoms with Crippen LogP contribution >= 0.6 is 0 Å². The summed E-state index contributed by atoms with van der Waals surface area (Å²) in [6.07, 6.45) is 0. The van der Waals surface area contributed by atoms with E-state index in [1.165, 1.54) is 6.07 Å². The maximum atomic E-state index is 12.5. The number of nitrogens with zero attached hydrogens (tertiary/aromatic N) is 1. The van der Waals surface area contributed by atoms with Crippen LogP contribution in [0.3, 0.4) is 0 Å². The molecule has 0 N–H and O–H groups in total. The Morgan fingerprint density at radius 1 is 1.21 bits per heavy atom. The average molecular weight is 349 g/mol. The molecule has 1 fully saturated rings. The molecule has 1 saturated heterocycles. The third-order valence-electron chi connectivity index (χ3n) is 3.94. The van der Waals surface area contributed by atoms with E-state index in [1.54, 1.807) is 41.3 Å². The molecule has 2 aromatic rings. The highest BCUT2D eigenvalue weighted by Gasteiger charge is 2.27. The van der Waals surface area contributed by atoms with E-state index in [2.05, 4.69) is 0 Å². The Balaban J connectivity index is 1.75. The van der Waals surface area contributed by atoms with Gasteiger partial charge in [-0.2, -0.15) is 0 Å². The first-order chi connectivity index (χ1) is 11.5. The number of amides is 1. The fourth-order valence-corrected chi connectivity index (χ4v) is 3.91. The van der Waals surface area contributed by atoms with Gasteiger partial charge in [-0.3, -0.25) is 4.79 Å². The van der Waals surface area contributed by atoms with Gasteiger partial charge in [0, 0.05) is 6.54 Å². The SMILES string of the molecule is C[C@@H]1COCCN1C(=O)c1ccc(CS(=O)(=O)c2ccccc2)o1. The zero-order valence-corrected chi connectivity index (χ0v) is 14.2. The number of hydrogen-bond acceptors (Lipinski definition) is 5. The van der Waals surface area contributed by atoms with Crippen molar-refractivity contribution in [3.63, 3.8) is 0 Å². The van der Waals surface area contributed by atoms with Gasteiger partial charge >= 0.3 is 0 Å². The van der Waals surface area contributed by atoms with Crippen LogP contribution in [0.25, 0.3) is 0 Å². The van der Waals surface area contributed by atoms with Crippen molar-refractivity contribution in [1.82, 2.24) is 4.90 Å². The van der Waals surface area contributed by atoms with Gasteiger partial charge in [0.15, 0.2) is 15.6 Å². The van der Waals surface area contributed by atoms with Crippen LogP contribution in [0.15, 0.2) is 51.8 Å². The van der Waals surface area contributed by atoms with E-state index in [1.807, 2.05) is 6.92 Å². The van der Waals surface area contributed by atoms with Crippen molar-refractivity contribution in [3.05, 3.63) is 54.0 Å². The summed E-state index contributed by atoms with van der Waals surface area (Å²) in [6.45, 7) is 3.38. The molecule has 1 amide bonds. The quantitative estimate of drug-likeness (QED) is 0.845. The van der Waals surface area contributed by atoms with E-state index in [4.69, 9.17) is 9.15 Å². The van der Waals surface area contributed by atoms with Crippen molar-refractivity contribution < 1.29 is 22.4 Å². The van der Waals surface area contributed by atoms with Crippen LogP contribution in [0.5, 0.6) is 0 Å². The summed E-state index contributed by atoms with van der Waals surface area (Å²) in [4.78, 5) is 14.4. The Bertz CT molecular complexity index is 813. The Morgan fingerprint density at radius 2 is 1.96 bits per heavy atom. The summed E-state index contributed by atoms with van der Waals surface area (Å²) < 4.78 is 35.5. The van der Waals surface area contributed by atoms with E-state index in [-0.39, 0.29) is 34.1 Å². The molecule has 1 atom stereocenters. The maximum absolute atomic E-state index is 12.5. The number of sulfone groups is 1. The Kier molecular flexibility index (Phi) is 4.73. The second-order valence-electron chi connectivity index (χ2n) is 5.76. The van der Waals surface area contributed by atoms with Crippen LogP contribution in [0, 0.1) is 0 Å². The first-order valence-electron chi connectivity index (χ1n) is 7.72. The second-order valence-corrected chi connectivity index (χ2v) is 7.75. The van der Waals surface area contributed by atoms with Gasteiger partial charge in [0.05, 0.1) is 24.2 Å². The standard InChI is InChI=1S/C17H19NO5S/c1-13-11-22-10-9-18(13)17(19)16-8-7-14(23-16)12-24(20,21)15-5-3-2-4-6-15/h2-8,13H,9-12H2,1H3/t13-/m1/s1. The molecule has 0 radical (unpaired) electrons. The number of morpholine rings is 1. The normalized spacial score (nSPS) is 18.5. The molecule has 128 valence electrons.